The molecule has 1 aliphatic heterocycles. The molecule has 0 spiro atoms. The maximum Gasteiger partial charge on any atom is 0.0223 e. The molecule has 1 N–H and O–H groups in total. The molecule has 0 bridgehead atoms. The summed E-state index contributed by atoms with van der Waals surface area (Å²) in [6.45, 7) is 8.52. The van der Waals surface area contributed by atoms with Crippen LogP contribution in [0, 0.1) is 5.92 Å². The average molecular weight is 280 g/mol. The molecule has 2 rings (SSSR count). The van der Waals surface area contributed by atoms with E-state index in [0.29, 0.717) is 0 Å². The molecule has 0 aromatic rings. The third-order valence-corrected chi connectivity index (χ3v) is 5.53. The largest absolute Gasteiger partial charge is 0.312 e. The van der Waals surface area contributed by atoms with Crippen molar-refractivity contribution in [1.29, 1.82) is 0 Å². The summed E-state index contributed by atoms with van der Waals surface area (Å²) in [5, 5.41) is 3.88. The van der Waals surface area contributed by atoms with Crippen molar-refractivity contribution in [3.05, 3.63) is 0 Å². The molecule has 1 saturated carbocycles. The van der Waals surface area contributed by atoms with Crippen LogP contribution in [-0.2, 0) is 0 Å². The monoisotopic (exact) mass is 280 g/mol. The van der Waals surface area contributed by atoms with Crippen molar-refractivity contribution in [1.82, 2.24) is 10.2 Å². The van der Waals surface area contributed by atoms with E-state index in [4.69, 9.17) is 0 Å². The van der Waals surface area contributed by atoms with Crippen molar-refractivity contribution in [2.75, 3.05) is 19.6 Å². The van der Waals surface area contributed by atoms with Gasteiger partial charge in [0.05, 0.1) is 0 Å². The molecule has 2 nitrogen and oxygen atoms in total. The van der Waals surface area contributed by atoms with Crippen LogP contribution in [0.2, 0.25) is 0 Å². The summed E-state index contributed by atoms with van der Waals surface area (Å²) >= 11 is 0. The number of hydrogen-bond donors (Lipinski definition) is 1. The normalized spacial score (nSPS) is 27.6. The number of nitrogens with zero attached hydrogens (tertiary/aromatic N) is 1. The Hall–Kier alpha value is -0.0800. The molecule has 1 aliphatic carbocycles. The van der Waals surface area contributed by atoms with Gasteiger partial charge in [0.25, 0.3) is 0 Å². The van der Waals surface area contributed by atoms with Gasteiger partial charge in [0.2, 0.25) is 0 Å². The maximum atomic E-state index is 3.88. The van der Waals surface area contributed by atoms with Gasteiger partial charge in [0.15, 0.2) is 0 Å². The summed E-state index contributed by atoms with van der Waals surface area (Å²) in [6, 6.07) is 1.61. The Morgan fingerprint density at radius 1 is 1.00 bits per heavy atom. The Morgan fingerprint density at radius 3 is 2.45 bits per heavy atom. The molecule has 118 valence electrons. The maximum absolute atomic E-state index is 3.88. The summed E-state index contributed by atoms with van der Waals surface area (Å²) in [6.07, 6.45) is 14.2. The van der Waals surface area contributed by atoms with Crippen LogP contribution in [0.4, 0.5) is 0 Å². The lowest BCUT2D eigenvalue weighted by atomic mass is 9.96. The quantitative estimate of drug-likeness (QED) is 0.752. The Morgan fingerprint density at radius 2 is 1.75 bits per heavy atom. The van der Waals surface area contributed by atoms with Crippen LogP contribution >= 0.6 is 0 Å². The second-order valence-electron chi connectivity index (χ2n) is 7.01. The van der Waals surface area contributed by atoms with Gasteiger partial charge < -0.3 is 5.32 Å². The zero-order valence-electron chi connectivity index (χ0n) is 13.9. The molecule has 2 aliphatic rings. The van der Waals surface area contributed by atoms with Crippen LogP contribution in [0.1, 0.15) is 78.1 Å². The first kappa shape index (κ1) is 16.3. The number of rotatable bonds is 7. The summed E-state index contributed by atoms with van der Waals surface area (Å²) in [7, 11) is 0. The fraction of sp³-hybridized carbons (Fsp3) is 1.00. The average Bonchev–Trinajstić information content (AvgIpc) is 2.90. The van der Waals surface area contributed by atoms with Crippen LogP contribution in [0.15, 0.2) is 0 Å². The third-order valence-electron chi connectivity index (χ3n) is 5.53. The molecule has 0 radical (unpaired) electrons. The Kier molecular flexibility index (Phi) is 7.37. The van der Waals surface area contributed by atoms with Gasteiger partial charge in [-0.2, -0.15) is 0 Å². The van der Waals surface area contributed by atoms with Gasteiger partial charge in [-0.1, -0.05) is 39.5 Å². The van der Waals surface area contributed by atoms with E-state index in [0.717, 1.165) is 18.0 Å². The highest BCUT2D eigenvalue weighted by Crippen LogP contribution is 2.29. The molecule has 1 heterocycles. The van der Waals surface area contributed by atoms with Gasteiger partial charge in [-0.3, -0.25) is 4.90 Å². The van der Waals surface area contributed by atoms with Gasteiger partial charge in [-0.25, -0.2) is 0 Å². The molecule has 20 heavy (non-hydrogen) atoms. The van der Waals surface area contributed by atoms with Gasteiger partial charge in [-0.15, -0.1) is 0 Å². The topological polar surface area (TPSA) is 15.3 Å². The predicted molar refractivity (Wildman–Crippen MR) is 88.2 cm³/mol. The van der Waals surface area contributed by atoms with Crippen LogP contribution in [0.25, 0.3) is 0 Å². The van der Waals surface area contributed by atoms with E-state index in [2.05, 4.69) is 24.1 Å². The standard InChI is InChI=1S/C18H36N2/c1-3-13-19-18(16-10-7-8-11-16)15-20-14-9-5-6-12-17(20)4-2/h16-19H,3-15H2,1-2H3. The Bertz CT molecular complexity index is 248. The SMILES string of the molecule is CCCNC(CN1CCCCCC1CC)C1CCCC1. The summed E-state index contributed by atoms with van der Waals surface area (Å²) < 4.78 is 0. The van der Waals surface area contributed by atoms with Gasteiger partial charge in [0, 0.05) is 18.6 Å². The Labute approximate surface area is 126 Å². The lowest BCUT2D eigenvalue weighted by Crippen LogP contribution is -2.48. The van der Waals surface area contributed by atoms with E-state index < -0.39 is 0 Å². The molecule has 2 heteroatoms. The van der Waals surface area contributed by atoms with Gasteiger partial charge in [0.1, 0.15) is 0 Å². The second kappa shape index (κ2) is 9.04. The van der Waals surface area contributed by atoms with E-state index >= 15 is 0 Å². The van der Waals surface area contributed by atoms with Gasteiger partial charge >= 0.3 is 0 Å². The van der Waals surface area contributed by atoms with Crippen molar-refractivity contribution in [3.63, 3.8) is 0 Å². The minimum atomic E-state index is 0.754. The highest BCUT2D eigenvalue weighted by Gasteiger charge is 2.28. The van der Waals surface area contributed by atoms with Crippen LogP contribution in [-0.4, -0.2) is 36.6 Å². The van der Waals surface area contributed by atoms with Crippen LogP contribution < -0.4 is 5.32 Å². The number of nitrogens with one attached hydrogen (secondary N) is 1. The highest BCUT2D eigenvalue weighted by atomic mass is 15.2. The van der Waals surface area contributed by atoms with Crippen molar-refractivity contribution < 1.29 is 0 Å². The zero-order valence-corrected chi connectivity index (χ0v) is 13.9. The first-order valence-corrected chi connectivity index (χ1v) is 9.32. The third kappa shape index (κ3) is 4.73. The van der Waals surface area contributed by atoms with Crippen molar-refractivity contribution in [2.45, 2.75) is 90.1 Å². The first-order valence-electron chi connectivity index (χ1n) is 9.32. The van der Waals surface area contributed by atoms with E-state index in [1.54, 1.807) is 0 Å². The first-order chi connectivity index (χ1) is 9.85. The molecule has 2 fully saturated rings. The van der Waals surface area contributed by atoms with E-state index in [1.165, 1.54) is 83.8 Å². The lowest BCUT2D eigenvalue weighted by molar-refractivity contribution is 0.154. The summed E-state index contributed by atoms with van der Waals surface area (Å²) in [5.74, 6) is 0.947. The summed E-state index contributed by atoms with van der Waals surface area (Å²) in [4.78, 5) is 2.83. The number of likely N-dealkylation sites (tertiary alicyclic amines) is 1. The Balaban J connectivity index is 1.92. The molecule has 0 aromatic heterocycles. The van der Waals surface area contributed by atoms with E-state index in [-0.39, 0.29) is 0 Å². The minimum absolute atomic E-state index is 0.754. The van der Waals surface area contributed by atoms with E-state index in [1.807, 2.05) is 0 Å². The second-order valence-corrected chi connectivity index (χ2v) is 7.01. The molecule has 2 atom stereocenters. The fourth-order valence-corrected chi connectivity index (χ4v) is 4.26. The van der Waals surface area contributed by atoms with E-state index in [9.17, 15) is 0 Å². The lowest BCUT2D eigenvalue weighted by Gasteiger charge is -2.35. The molecular weight excluding hydrogens is 244 g/mol. The predicted octanol–water partition coefficient (Wildman–Crippen LogP) is 4.20. The molecule has 2 unspecified atom stereocenters. The summed E-state index contributed by atoms with van der Waals surface area (Å²) in [5.41, 5.74) is 0. The van der Waals surface area contributed by atoms with Crippen LogP contribution in [0.3, 0.4) is 0 Å². The fourth-order valence-electron chi connectivity index (χ4n) is 4.26. The highest BCUT2D eigenvalue weighted by molar-refractivity contribution is 4.86. The number of hydrogen-bond acceptors (Lipinski definition) is 2. The van der Waals surface area contributed by atoms with Crippen molar-refractivity contribution in [2.24, 2.45) is 5.92 Å². The smallest absolute Gasteiger partial charge is 0.0223 e. The molecule has 1 saturated heterocycles. The zero-order chi connectivity index (χ0) is 14.2. The van der Waals surface area contributed by atoms with Crippen molar-refractivity contribution >= 4 is 0 Å². The van der Waals surface area contributed by atoms with Crippen LogP contribution in [0.5, 0.6) is 0 Å². The molecule has 0 amide bonds. The molecular formula is C18H36N2. The molecule has 0 aromatic carbocycles. The minimum Gasteiger partial charge on any atom is -0.312 e. The van der Waals surface area contributed by atoms with Gasteiger partial charge in [-0.05, 0) is 57.5 Å². The van der Waals surface area contributed by atoms with Crippen molar-refractivity contribution in [3.8, 4) is 0 Å².